The highest BCUT2D eigenvalue weighted by molar-refractivity contribution is 5.98. The van der Waals surface area contributed by atoms with Crippen molar-refractivity contribution in [1.82, 2.24) is 15.1 Å². The van der Waals surface area contributed by atoms with Gasteiger partial charge in [-0.2, -0.15) is 0 Å². The zero-order chi connectivity index (χ0) is 19.2. The maximum Gasteiger partial charge on any atom is 0.233 e. The first-order valence-electron chi connectivity index (χ1n) is 9.92. The molecule has 146 valence electrons. The van der Waals surface area contributed by atoms with Crippen LogP contribution < -0.4 is 5.32 Å². The molecule has 1 aromatic rings. The van der Waals surface area contributed by atoms with E-state index in [2.05, 4.69) is 11.4 Å². The number of carbonyl (C=O) groups excluding carboxylic acids is 3. The summed E-state index contributed by atoms with van der Waals surface area (Å²) in [6.45, 7) is 2.98. The molecule has 1 saturated heterocycles. The van der Waals surface area contributed by atoms with Gasteiger partial charge in [-0.3, -0.25) is 19.3 Å². The average Bonchev–Trinajstić information content (AvgIpc) is 2.71. The summed E-state index contributed by atoms with van der Waals surface area (Å²) in [6.07, 6.45) is 5.09. The van der Waals surface area contributed by atoms with Gasteiger partial charge in [-0.05, 0) is 42.9 Å². The van der Waals surface area contributed by atoms with Gasteiger partial charge >= 0.3 is 0 Å². The number of aryl methyl sites for hydroxylation is 2. The van der Waals surface area contributed by atoms with Gasteiger partial charge in [0.2, 0.25) is 11.8 Å². The molecule has 2 aliphatic rings. The van der Waals surface area contributed by atoms with Crippen molar-refractivity contribution < 1.29 is 14.4 Å². The van der Waals surface area contributed by atoms with Gasteiger partial charge in [-0.1, -0.05) is 12.1 Å². The van der Waals surface area contributed by atoms with Crippen molar-refractivity contribution in [2.24, 2.45) is 0 Å². The van der Waals surface area contributed by atoms with Crippen molar-refractivity contribution in [1.29, 1.82) is 0 Å². The first-order chi connectivity index (χ1) is 13.1. The molecule has 0 aromatic heterocycles. The fourth-order valence-electron chi connectivity index (χ4n) is 3.87. The predicted molar refractivity (Wildman–Crippen MR) is 104 cm³/mol. The summed E-state index contributed by atoms with van der Waals surface area (Å²) in [7, 11) is 1.63. The van der Waals surface area contributed by atoms with Gasteiger partial charge in [-0.25, -0.2) is 0 Å². The van der Waals surface area contributed by atoms with E-state index in [1.54, 1.807) is 11.9 Å². The maximum absolute atomic E-state index is 12.5. The Labute approximate surface area is 160 Å². The van der Waals surface area contributed by atoms with E-state index >= 15 is 0 Å². The Hall–Kier alpha value is -2.21. The molecule has 2 amide bonds. The zero-order valence-electron chi connectivity index (χ0n) is 16.1. The van der Waals surface area contributed by atoms with Crippen LogP contribution in [0, 0.1) is 0 Å². The lowest BCUT2D eigenvalue weighted by molar-refractivity contribution is -0.133. The Morgan fingerprint density at radius 2 is 1.67 bits per heavy atom. The normalized spacial score (nSPS) is 17.3. The summed E-state index contributed by atoms with van der Waals surface area (Å²) < 4.78 is 0. The standard InChI is InChI=1S/C21H29N3O3/c1-22-20(26)15-23-10-12-24(13-11-23)21(27)9-8-19(25)18-7-6-16-4-2-3-5-17(16)14-18/h6-7,14H,2-5,8-13,15H2,1H3,(H,22,26). The summed E-state index contributed by atoms with van der Waals surface area (Å²) in [6, 6.07) is 6.02. The lowest BCUT2D eigenvalue weighted by Gasteiger charge is -2.34. The largest absolute Gasteiger partial charge is 0.358 e. The third-order valence-electron chi connectivity index (χ3n) is 5.61. The van der Waals surface area contributed by atoms with Crippen molar-refractivity contribution in [2.45, 2.75) is 38.5 Å². The molecule has 1 aliphatic heterocycles. The number of ketones is 1. The van der Waals surface area contributed by atoms with E-state index in [4.69, 9.17) is 0 Å². The molecule has 0 unspecified atom stereocenters. The smallest absolute Gasteiger partial charge is 0.233 e. The van der Waals surface area contributed by atoms with E-state index in [0.717, 1.165) is 18.4 Å². The Kier molecular flexibility index (Phi) is 6.61. The number of amides is 2. The van der Waals surface area contributed by atoms with Crippen LogP contribution in [0.2, 0.25) is 0 Å². The van der Waals surface area contributed by atoms with Gasteiger partial charge in [0.25, 0.3) is 0 Å². The quantitative estimate of drug-likeness (QED) is 0.768. The van der Waals surface area contributed by atoms with Crippen LogP contribution in [-0.4, -0.2) is 67.2 Å². The number of hydrogen-bond acceptors (Lipinski definition) is 4. The Bertz CT molecular complexity index is 709. The minimum Gasteiger partial charge on any atom is -0.358 e. The summed E-state index contributed by atoms with van der Waals surface area (Å²) in [5.41, 5.74) is 3.40. The summed E-state index contributed by atoms with van der Waals surface area (Å²) in [5.74, 6) is 0.0707. The highest BCUT2D eigenvalue weighted by atomic mass is 16.2. The van der Waals surface area contributed by atoms with Gasteiger partial charge < -0.3 is 10.2 Å². The first kappa shape index (κ1) is 19.5. The van der Waals surface area contributed by atoms with E-state index < -0.39 is 0 Å². The van der Waals surface area contributed by atoms with Crippen molar-refractivity contribution >= 4 is 17.6 Å². The Morgan fingerprint density at radius 3 is 2.37 bits per heavy atom. The second-order valence-electron chi connectivity index (χ2n) is 7.44. The van der Waals surface area contributed by atoms with E-state index in [1.165, 1.54) is 24.0 Å². The van der Waals surface area contributed by atoms with Crippen molar-refractivity contribution in [3.63, 3.8) is 0 Å². The van der Waals surface area contributed by atoms with Crippen LogP contribution in [0.5, 0.6) is 0 Å². The minimum absolute atomic E-state index is 0.00887. The second kappa shape index (κ2) is 9.13. The van der Waals surface area contributed by atoms with Crippen molar-refractivity contribution in [3.8, 4) is 0 Å². The second-order valence-corrected chi connectivity index (χ2v) is 7.44. The van der Waals surface area contributed by atoms with E-state index in [0.29, 0.717) is 32.7 Å². The molecule has 1 fully saturated rings. The number of benzene rings is 1. The van der Waals surface area contributed by atoms with E-state index in [1.807, 2.05) is 17.0 Å². The molecule has 6 nitrogen and oxygen atoms in total. The topological polar surface area (TPSA) is 69.7 Å². The van der Waals surface area contributed by atoms with Gasteiger partial charge in [0.1, 0.15) is 0 Å². The highest BCUT2D eigenvalue weighted by Crippen LogP contribution is 2.23. The molecule has 6 heteroatoms. The Morgan fingerprint density at radius 1 is 0.963 bits per heavy atom. The SMILES string of the molecule is CNC(=O)CN1CCN(C(=O)CCC(=O)c2ccc3c(c2)CCCC3)CC1. The monoisotopic (exact) mass is 371 g/mol. The maximum atomic E-state index is 12.5. The van der Waals surface area contributed by atoms with Gasteiger partial charge in [0, 0.05) is 51.6 Å². The lowest BCUT2D eigenvalue weighted by atomic mass is 9.89. The van der Waals surface area contributed by atoms with Crippen LogP contribution in [-0.2, 0) is 22.4 Å². The minimum atomic E-state index is -0.00887. The van der Waals surface area contributed by atoms with Crippen LogP contribution in [0.4, 0.5) is 0 Å². The molecule has 1 N–H and O–H groups in total. The first-order valence-corrected chi connectivity index (χ1v) is 9.92. The number of Topliss-reactive ketones (excluding diaryl/α,β-unsaturated/α-hetero) is 1. The number of likely N-dealkylation sites (N-methyl/N-ethyl adjacent to an activating group) is 1. The van der Waals surface area contributed by atoms with Gasteiger partial charge in [0.15, 0.2) is 5.78 Å². The molecule has 1 heterocycles. The van der Waals surface area contributed by atoms with Gasteiger partial charge in [-0.15, -0.1) is 0 Å². The number of nitrogens with one attached hydrogen (secondary N) is 1. The van der Waals surface area contributed by atoms with E-state index in [9.17, 15) is 14.4 Å². The average molecular weight is 371 g/mol. The molecule has 0 saturated carbocycles. The third kappa shape index (κ3) is 5.16. The number of carbonyl (C=O) groups is 3. The molecule has 27 heavy (non-hydrogen) atoms. The molecule has 3 rings (SSSR count). The Balaban J connectivity index is 1.45. The fourth-order valence-corrected chi connectivity index (χ4v) is 3.87. The zero-order valence-corrected chi connectivity index (χ0v) is 16.1. The van der Waals surface area contributed by atoms with Crippen LogP contribution >= 0.6 is 0 Å². The number of piperazine rings is 1. The predicted octanol–water partition coefficient (Wildman–Crippen LogP) is 1.42. The third-order valence-corrected chi connectivity index (χ3v) is 5.61. The molecule has 0 bridgehead atoms. The van der Waals surface area contributed by atoms with E-state index in [-0.39, 0.29) is 30.4 Å². The van der Waals surface area contributed by atoms with Crippen LogP contribution in [0.15, 0.2) is 18.2 Å². The molecular formula is C21H29N3O3. The number of hydrogen-bond donors (Lipinski definition) is 1. The number of rotatable bonds is 6. The fraction of sp³-hybridized carbons (Fsp3) is 0.571. The molecule has 1 aliphatic carbocycles. The molecule has 0 radical (unpaired) electrons. The van der Waals surface area contributed by atoms with Crippen LogP contribution in [0.1, 0.15) is 47.2 Å². The number of nitrogens with zero attached hydrogens (tertiary/aromatic N) is 2. The summed E-state index contributed by atoms with van der Waals surface area (Å²) in [5, 5.41) is 2.61. The van der Waals surface area contributed by atoms with Crippen LogP contribution in [0.25, 0.3) is 0 Å². The molecule has 0 spiro atoms. The van der Waals surface area contributed by atoms with Crippen LogP contribution in [0.3, 0.4) is 0 Å². The highest BCUT2D eigenvalue weighted by Gasteiger charge is 2.23. The summed E-state index contributed by atoms with van der Waals surface area (Å²) in [4.78, 5) is 40.2. The summed E-state index contributed by atoms with van der Waals surface area (Å²) >= 11 is 0. The van der Waals surface area contributed by atoms with Crippen molar-refractivity contribution in [3.05, 3.63) is 34.9 Å². The molecule has 0 atom stereocenters. The molecular weight excluding hydrogens is 342 g/mol. The molecule has 1 aromatic carbocycles. The van der Waals surface area contributed by atoms with Gasteiger partial charge in [0.05, 0.1) is 6.54 Å². The van der Waals surface area contributed by atoms with Crippen molar-refractivity contribution in [2.75, 3.05) is 39.8 Å². The number of fused-ring (bicyclic) bond motifs is 1. The lowest BCUT2D eigenvalue weighted by Crippen LogP contribution is -2.50.